The van der Waals surface area contributed by atoms with Gasteiger partial charge in [-0.05, 0) is 29.8 Å². The van der Waals surface area contributed by atoms with Crippen molar-refractivity contribution in [1.29, 1.82) is 0 Å². The maximum absolute atomic E-state index is 12.4. The molecule has 1 amide bonds. The van der Waals surface area contributed by atoms with Crippen LogP contribution < -0.4 is 11.1 Å². The average molecular weight is 301 g/mol. The van der Waals surface area contributed by atoms with Gasteiger partial charge in [-0.1, -0.05) is 23.7 Å². The second-order valence-corrected chi connectivity index (χ2v) is 5.08. The van der Waals surface area contributed by atoms with Gasteiger partial charge in [0, 0.05) is 22.6 Å². The van der Waals surface area contributed by atoms with Crippen molar-refractivity contribution in [3.8, 4) is 0 Å². The molecule has 0 bridgehead atoms. The molecule has 0 saturated heterocycles. The van der Waals surface area contributed by atoms with Gasteiger partial charge in [0.2, 0.25) is 0 Å². The zero-order valence-electron chi connectivity index (χ0n) is 11.1. The molecule has 0 atom stereocenters. The fourth-order valence-electron chi connectivity index (χ4n) is 2.18. The number of hydrogen-bond donors (Lipinski definition) is 3. The van der Waals surface area contributed by atoms with Crippen LogP contribution in [0.3, 0.4) is 0 Å². The highest BCUT2D eigenvalue weighted by atomic mass is 35.5. The molecule has 0 unspecified atom stereocenters. The van der Waals surface area contributed by atoms with E-state index in [1.54, 1.807) is 18.3 Å². The molecule has 0 saturated carbocycles. The number of rotatable bonds is 3. The summed E-state index contributed by atoms with van der Waals surface area (Å²) in [7, 11) is 0. The molecule has 0 aliphatic heterocycles. The molecule has 0 aliphatic carbocycles. The molecule has 21 heavy (non-hydrogen) atoms. The van der Waals surface area contributed by atoms with Crippen LogP contribution in [0, 0.1) is 0 Å². The highest BCUT2D eigenvalue weighted by Gasteiger charge is 2.13. The third-order valence-corrected chi connectivity index (χ3v) is 3.41. The number of carbonyl (C=O) groups is 1. The maximum Gasteiger partial charge on any atom is 0.256 e. The van der Waals surface area contributed by atoms with E-state index in [-0.39, 0.29) is 5.91 Å². The molecule has 0 fully saturated rings. The Balaban J connectivity index is 1.95. The van der Waals surface area contributed by atoms with Gasteiger partial charge in [-0.25, -0.2) is 0 Å². The van der Waals surface area contributed by atoms with Crippen molar-refractivity contribution in [2.75, 3.05) is 5.32 Å². The largest absolute Gasteiger partial charge is 0.326 e. The molecule has 0 spiro atoms. The van der Waals surface area contributed by atoms with Gasteiger partial charge in [0.15, 0.2) is 0 Å². The number of aromatic nitrogens is 2. The number of nitrogens with two attached hydrogens (primary N) is 1. The van der Waals surface area contributed by atoms with Crippen molar-refractivity contribution in [2.45, 2.75) is 6.54 Å². The van der Waals surface area contributed by atoms with Gasteiger partial charge in [-0.15, -0.1) is 0 Å². The SMILES string of the molecule is NCc1cccc(NC(=O)c2cc(Cl)cc3[nH]ncc23)c1. The second kappa shape index (κ2) is 5.55. The van der Waals surface area contributed by atoms with Gasteiger partial charge in [0.25, 0.3) is 5.91 Å². The number of carbonyl (C=O) groups excluding carboxylic acids is 1. The molecule has 1 aromatic heterocycles. The first-order valence-electron chi connectivity index (χ1n) is 6.40. The zero-order valence-corrected chi connectivity index (χ0v) is 11.8. The van der Waals surface area contributed by atoms with Crippen LogP contribution in [0.25, 0.3) is 10.9 Å². The van der Waals surface area contributed by atoms with E-state index in [0.29, 0.717) is 22.8 Å². The number of nitrogens with zero attached hydrogens (tertiary/aromatic N) is 1. The van der Waals surface area contributed by atoms with Crippen LogP contribution in [0.5, 0.6) is 0 Å². The van der Waals surface area contributed by atoms with Gasteiger partial charge in [0.05, 0.1) is 17.3 Å². The molecule has 1 heterocycles. The van der Waals surface area contributed by atoms with E-state index in [1.165, 1.54) is 0 Å². The van der Waals surface area contributed by atoms with E-state index in [0.717, 1.165) is 16.5 Å². The van der Waals surface area contributed by atoms with Crippen LogP contribution in [-0.4, -0.2) is 16.1 Å². The normalized spacial score (nSPS) is 10.8. The third kappa shape index (κ3) is 2.74. The summed E-state index contributed by atoms with van der Waals surface area (Å²) in [5.74, 6) is -0.238. The molecule has 4 N–H and O–H groups in total. The smallest absolute Gasteiger partial charge is 0.256 e. The highest BCUT2D eigenvalue weighted by Crippen LogP contribution is 2.23. The summed E-state index contributed by atoms with van der Waals surface area (Å²) in [6.07, 6.45) is 1.61. The van der Waals surface area contributed by atoms with Crippen molar-refractivity contribution in [3.05, 3.63) is 58.7 Å². The minimum absolute atomic E-state index is 0.238. The Hall–Kier alpha value is -2.37. The van der Waals surface area contributed by atoms with E-state index in [2.05, 4.69) is 15.5 Å². The van der Waals surface area contributed by atoms with Crippen LogP contribution in [0.15, 0.2) is 42.6 Å². The summed E-state index contributed by atoms with van der Waals surface area (Å²) in [6.45, 7) is 0.423. The predicted octanol–water partition coefficient (Wildman–Crippen LogP) is 2.93. The van der Waals surface area contributed by atoms with Gasteiger partial charge < -0.3 is 11.1 Å². The number of benzene rings is 2. The van der Waals surface area contributed by atoms with Crippen molar-refractivity contribution >= 4 is 34.1 Å². The first-order valence-corrected chi connectivity index (χ1v) is 6.78. The van der Waals surface area contributed by atoms with Gasteiger partial charge >= 0.3 is 0 Å². The fraction of sp³-hybridized carbons (Fsp3) is 0.0667. The quantitative estimate of drug-likeness (QED) is 0.695. The number of halogens is 1. The van der Waals surface area contributed by atoms with Crippen molar-refractivity contribution in [2.24, 2.45) is 5.73 Å². The van der Waals surface area contributed by atoms with E-state index in [9.17, 15) is 4.79 Å². The Kier molecular flexibility index (Phi) is 3.60. The van der Waals surface area contributed by atoms with Crippen molar-refractivity contribution < 1.29 is 4.79 Å². The van der Waals surface area contributed by atoms with Gasteiger partial charge in [-0.2, -0.15) is 5.10 Å². The van der Waals surface area contributed by atoms with Gasteiger partial charge in [-0.3, -0.25) is 9.89 Å². The lowest BCUT2D eigenvalue weighted by molar-refractivity contribution is 0.102. The minimum Gasteiger partial charge on any atom is -0.326 e. The summed E-state index contributed by atoms with van der Waals surface area (Å²) in [6, 6.07) is 10.8. The lowest BCUT2D eigenvalue weighted by atomic mass is 10.1. The Morgan fingerprint density at radius 3 is 3.00 bits per heavy atom. The molecule has 3 rings (SSSR count). The Bertz CT molecular complexity index is 812. The molecule has 2 aromatic carbocycles. The van der Waals surface area contributed by atoms with Crippen LogP contribution >= 0.6 is 11.6 Å². The number of nitrogens with one attached hydrogen (secondary N) is 2. The number of anilines is 1. The van der Waals surface area contributed by atoms with E-state index in [4.69, 9.17) is 17.3 Å². The Morgan fingerprint density at radius 2 is 2.19 bits per heavy atom. The average Bonchev–Trinajstić information content (AvgIpc) is 2.94. The number of H-pyrrole nitrogens is 1. The molecular formula is C15H13ClN4O. The van der Waals surface area contributed by atoms with Crippen LogP contribution in [0.4, 0.5) is 5.69 Å². The van der Waals surface area contributed by atoms with Crippen LogP contribution in [0.1, 0.15) is 15.9 Å². The molecule has 3 aromatic rings. The molecule has 6 heteroatoms. The zero-order chi connectivity index (χ0) is 14.8. The molecule has 5 nitrogen and oxygen atoms in total. The summed E-state index contributed by atoms with van der Waals surface area (Å²) < 4.78 is 0. The summed E-state index contributed by atoms with van der Waals surface area (Å²) in [4.78, 5) is 12.4. The second-order valence-electron chi connectivity index (χ2n) is 4.64. The monoisotopic (exact) mass is 300 g/mol. The summed E-state index contributed by atoms with van der Waals surface area (Å²) in [5, 5.41) is 10.8. The van der Waals surface area contributed by atoms with Crippen molar-refractivity contribution in [1.82, 2.24) is 10.2 Å². The van der Waals surface area contributed by atoms with Crippen LogP contribution in [-0.2, 0) is 6.54 Å². The number of fused-ring (bicyclic) bond motifs is 1. The van der Waals surface area contributed by atoms with Crippen LogP contribution in [0.2, 0.25) is 5.02 Å². The number of hydrogen-bond acceptors (Lipinski definition) is 3. The Morgan fingerprint density at radius 1 is 1.33 bits per heavy atom. The standard InChI is InChI=1S/C15H13ClN4O/c16-10-5-12(13-8-18-20-14(13)6-10)15(21)19-11-3-1-2-9(4-11)7-17/h1-6,8H,7,17H2,(H,18,20)(H,19,21). The molecule has 0 aliphatic rings. The van der Waals surface area contributed by atoms with E-state index >= 15 is 0 Å². The third-order valence-electron chi connectivity index (χ3n) is 3.19. The number of amides is 1. The molecule has 0 radical (unpaired) electrons. The topological polar surface area (TPSA) is 83.8 Å². The molecule has 106 valence electrons. The number of aromatic amines is 1. The summed E-state index contributed by atoms with van der Waals surface area (Å²) >= 11 is 6.03. The van der Waals surface area contributed by atoms with E-state index in [1.807, 2.05) is 24.3 Å². The fourth-order valence-corrected chi connectivity index (χ4v) is 2.40. The Labute approximate surface area is 126 Å². The first kappa shape index (κ1) is 13.6. The molecular weight excluding hydrogens is 288 g/mol. The van der Waals surface area contributed by atoms with Crippen molar-refractivity contribution in [3.63, 3.8) is 0 Å². The lowest BCUT2D eigenvalue weighted by Gasteiger charge is -2.08. The maximum atomic E-state index is 12.4. The highest BCUT2D eigenvalue weighted by molar-refractivity contribution is 6.32. The first-order chi connectivity index (χ1) is 10.2. The summed E-state index contributed by atoms with van der Waals surface area (Å²) in [5.41, 5.74) is 8.45. The van der Waals surface area contributed by atoms with Gasteiger partial charge in [0.1, 0.15) is 0 Å². The minimum atomic E-state index is -0.238. The van der Waals surface area contributed by atoms with E-state index < -0.39 is 0 Å². The lowest BCUT2D eigenvalue weighted by Crippen LogP contribution is -2.12. The predicted molar refractivity (Wildman–Crippen MR) is 83.4 cm³/mol.